The van der Waals surface area contributed by atoms with Crippen molar-refractivity contribution in [1.82, 2.24) is 4.90 Å². The molecule has 0 N–H and O–H groups in total. The van der Waals surface area contributed by atoms with Gasteiger partial charge >= 0.3 is 0 Å². The minimum atomic E-state index is -1.93. The summed E-state index contributed by atoms with van der Waals surface area (Å²) in [7, 11) is 1.20. The first-order valence-corrected chi connectivity index (χ1v) is 14.2. The van der Waals surface area contributed by atoms with Gasteiger partial charge in [-0.05, 0) is 59.9 Å². The Hall–Kier alpha value is -2.80. The van der Waals surface area contributed by atoms with Crippen LogP contribution in [0.2, 0.25) is 18.1 Å². The molecular formula is C26H35NO5Si. The van der Waals surface area contributed by atoms with Gasteiger partial charge in [0, 0.05) is 6.42 Å². The fraction of sp³-hybridized carbons (Fsp3) is 0.462. The number of hydrogen-bond acceptors (Lipinski definition) is 5. The highest BCUT2D eigenvalue weighted by Crippen LogP contribution is 2.38. The molecule has 0 aliphatic carbocycles. The molecule has 6 nitrogen and oxygen atoms in total. The van der Waals surface area contributed by atoms with E-state index in [4.69, 9.17) is 13.9 Å². The van der Waals surface area contributed by atoms with Crippen LogP contribution in [0.1, 0.15) is 50.7 Å². The third kappa shape index (κ3) is 5.41. The van der Waals surface area contributed by atoms with Crippen molar-refractivity contribution < 1.29 is 23.5 Å². The quantitative estimate of drug-likeness (QED) is 0.395. The number of imide groups is 1. The number of amides is 2. The molecule has 1 aliphatic heterocycles. The van der Waals surface area contributed by atoms with E-state index in [1.807, 2.05) is 30.3 Å². The number of benzene rings is 2. The lowest BCUT2D eigenvalue weighted by molar-refractivity contribution is -0.150. The van der Waals surface area contributed by atoms with Crippen LogP contribution in [0, 0.1) is 0 Å². The molecule has 1 heterocycles. The van der Waals surface area contributed by atoms with Crippen molar-refractivity contribution in [3.63, 3.8) is 0 Å². The second-order valence-corrected chi connectivity index (χ2v) is 14.8. The maximum Gasteiger partial charge on any atom is 0.250 e. The van der Waals surface area contributed by atoms with Crippen LogP contribution >= 0.6 is 0 Å². The normalized spacial score (nSPS) is 17.2. The Morgan fingerprint density at radius 1 is 0.970 bits per heavy atom. The van der Waals surface area contributed by atoms with Gasteiger partial charge in [-0.15, -0.1) is 0 Å². The Kier molecular flexibility index (Phi) is 7.22. The summed E-state index contributed by atoms with van der Waals surface area (Å²) in [4.78, 5) is 27.2. The molecule has 1 unspecified atom stereocenters. The van der Waals surface area contributed by atoms with E-state index in [9.17, 15) is 9.59 Å². The van der Waals surface area contributed by atoms with Gasteiger partial charge in [-0.25, -0.2) is 0 Å². The number of methoxy groups -OCH3 is 2. The first-order valence-electron chi connectivity index (χ1n) is 11.3. The van der Waals surface area contributed by atoms with Gasteiger partial charge in [-0.1, -0.05) is 39.0 Å². The van der Waals surface area contributed by atoms with Crippen molar-refractivity contribution in [2.75, 3.05) is 14.2 Å². The molecule has 1 atom stereocenters. The molecule has 0 bridgehead atoms. The molecule has 178 valence electrons. The highest BCUT2D eigenvalue weighted by Gasteiger charge is 2.39. The van der Waals surface area contributed by atoms with Crippen LogP contribution in [0.4, 0.5) is 0 Å². The number of ether oxygens (including phenoxy) is 2. The zero-order valence-corrected chi connectivity index (χ0v) is 21.7. The van der Waals surface area contributed by atoms with Gasteiger partial charge in [0.1, 0.15) is 5.75 Å². The van der Waals surface area contributed by atoms with Gasteiger partial charge in [0.2, 0.25) is 20.1 Å². The number of rotatable bonds is 7. The smallest absolute Gasteiger partial charge is 0.250 e. The number of piperidine rings is 1. The molecule has 2 amide bonds. The fourth-order valence-electron chi connectivity index (χ4n) is 3.69. The van der Waals surface area contributed by atoms with Gasteiger partial charge in [0.05, 0.1) is 26.7 Å². The second kappa shape index (κ2) is 9.59. The van der Waals surface area contributed by atoms with Crippen molar-refractivity contribution in [3.05, 3.63) is 53.6 Å². The average molecular weight is 470 g/mol. The lowest BCUT2D eigenvalue weighted by atomic mass is 9.89. The van der Waals surface area contributed by atoms with Crippen LogP contribution in [-0.4, -0.2) is 39.3 Å². The maximum atomic E-state index is 13.3. The number of likely N-dealkylation sites (tertiary alicyclic amines) is 1. The van der Waals surface area contributed by atoms with Crippen molar-refractivity contribution in [2.24, 2.45) is 0 Å². The van der Waals surface area contributed by atoms with Gasteiger partial charge in [-0.2, -0.15) is 0 Å². The summed E-state index contributed by atoms with van der Waals surface area (Å²) in [6.07, 6.45) is 0.856. The molecule has 0 aromatic heterocycles. The van der Waals surface area contributed by atoms with E-state index in [1.54, 1.807) is 26.4 Å². The summed E-state index contributed by atoms with van der Waals surface area (Å²) < 4.78 is 17.0. The SMILES string of the molecule is COc1ccc(CN2C(=O)CCC(c3ccc(O[Si](C)(C)C(C)(C)C)cc3)C2=O)cc1OC. The highest BCUT2D eigenvalue weighted by atomic mass is 28.4. The van der Waals surface area contributed by atoms with Crippen LogP contribution < -0.4 is 13.9 Å². The molecular weight excluding hydrogens is 434 g/mol. The number of hydrogen-bond donors (Lipinski definition) is 0. The van der Waals surface area contributed by atoms with Gasteiger partial charge in [0.25, 0.3) is 0 Å². The number of carbonyl (C=O) groups excluding carboxylic acids is 2. The van der Waals surface area contributed by atoms with E-state index in [1.165, 1.54) is 4.90 Å². The zero-order chi connectivity index (χ0) is 24.4. The fourth-order valence-corrected chi connectivity index (χ4v) is 4.72. The lowest BCUT2D eigenvalue weighted by Gasteiger charge is -2.36. The van der Waals surface area contributed by atoms with E-state index < -0.39 is 8.32 Å². The Bertz CT molecular complexity index is 1010. The highest BCUT2D eigenvalue weighted by molar-refractivity contribution is 6.74. The van der Waals surface area contributed by atoms with Crippen molar-refractivity contribution >= 4 is 20.1 Å². The van der Waals surface area contributed by atoms with E-state index in [2.05, 4.69) is 33.9 Å². The zero-order valence-electron chi connectivity index (χ0n) is 20.7. The Morgan fingerprint density at radius 3 is 2.18 bits per heavy atom. The summed E-state index contributed by atoms with van der Waals surface area (Å²) in [5.41, 5.74) is 1.72. The maximum absolute atomic E-state index is 13.3. The monoisotopic (exact) mass is 469 g/mol. The summed E-state index contributed by atoms with van der Waals surface area (Å²) in [6.45, 7) is 11.3. The van der Waals surface area contributed by atoms with Crippen molar-refractivity contribution in [1.29, 1.82) is 0 Å². The minimum Gasteiger partial charge on any atom is -0.544 e. The molecule has 0 radical (unpaired) electrons. The average Bonchev–Trinajstić information content (AvgIpc) is 2.76. The third-order valence-electron chi connectivity index (χ3n) is 6.76. The molecule has 7 heteroatoms. The molecule has 1 saturated heterocycles. The van der Waals surface area contributed by atoms with Gasteiger partial charge < -0.3 is 13.9 Å². The van der Waals surface area contributed by atoms with E-state index in [0.29, 0.717) is 24.3 Å². The minimum absolute atomic E-state index is 0.107. The molecule has 0 saturated carbocycles. The van der Waals surface area contributed by atoms with Crippen LogP contribution in [0.25, 0.3) is 0 Å². The molecule has 0 spiro atoms. The molecule has 2 aromatic carbocycles. The molecule has 33 heavy (non-hydrogen) atoms. The third-order valence-corrected chi connectivity index (χ3v) is 11.1. The van der Waals surface area contributed by atoms with Crippen LogP contribution in [0.5, 0.6) is 17.2 Å². The van der Waals surface area contributed by atoms with Crippen molar-refractivity contribution in [2.45, 2.75) is 64.2 Å². The predicted molar refractivity (Wildman–Crippen MR) is 131 cm³/mol. The summed E-state index contributed by atoms with van der Waals surface area (Å²) in [6, 6.07) is 13.2. The van der Waals surface area contributed by atoms with Gasteiger partial charge in [0.15, 0.2) is 11.5 Å². The largest absolute Gasteiger partial charge is 0.544 e. The predicted octanol–water partition coefficient (Wildman–Crippen LogP) is 5.52. The van der Waals surface area contributed by atoms with E-state index >= 15 is 0 Å². The Morgan fingerprint density at radius 2 is 1.61 bits per heavy atom. The van der Waals surface area contributed by atoms with Gasteiger partial charge in [-0.3, -0.25) is 14.5 Å². The van der Waals surface area contributed by atoms with Crippen LogP contribution in [-0.2, 0) is 16.1 Å². The topological polar surface area (TPSA) is 65.1 Å². The molecule has 3 rings (SSSR count). The number of nitrogens with zero attached hydrogens (tertiary/aromatic N) is 1. The van der Waals surface area contributed by atoms with Crippen LogP contribution in [0.15, 0.2) is 42.5 Å². The number of carbonyl (C=O) groups is 2. The summed E-state index contributed by atoms with van der Waals surface area (Å²) in [5, 5.41) is 0.107. The molecule has 1 fully saturated rings. The van der Waals surface area contributed by atoms with Crippen LogP contribution in [0.3, 0.4) is 0 Å². The first-order chi connectivity index (χ1) is 15.5. The summed E-state index contributed by atoms with van der Waals surface area (Å²) in [5.74, 6) is 1.34. The summed E-state index contributed by atoms with van der Waals surface area (Å²) >= 11 is 0. The second-order valence-electron chi connectivity index (χ2n) is 10.0. The standard InChI is InChI=1S/C26H35NO5Si/c1-26(2,3)33(6,7)32-20-11-9-19(10-12-20)21-13-15-24(28)27(25(21)29)17-18-8-14-22(30-4)23(16-18)31-5/h8-12,14,16,21H,13,15,17H2,1-7H3. The Balaban J connectivity index is 1.76. The van der Waals surface area contributed by atoms with Crippen molar-refractivity contribution in [3.8, 4) is 17.2 Å². The first kappa shape index (κ1) is 24.8. The molecule has 1 aliphatic rings. The Labute approximate surface area is 198 Å². The van der Waals surface area contributed by atoms with E-state index in [-0.39, 0.29) is 29.3 Å². The van der Waals surface area contributed by atoms with E-state index in [0.717, 1.165) is 16.9 Å². The molecule has 2 aromatic rings. The lowest BCUT2D eigenvalue weighted by Crippen LogP contribution is -2.44.